The molecule has 3 rings (SSSR count). The molecule has 1 atom stereocenters. The van der Waals surface area contributed by atoms with Crippen molar-refractivity contribution in [1.29, 1.82) is 0 Å². The Bertz CT molecular complexity index is 1030. The summed E-state index contributed by atoms with van der Waals surface area (Å²) in [6.45, 7) is 2.51. The number of hydrogen-bond acceptors (Lipinski definition) is 8. The van der Waals surface area contributed by atoms with Gasteiger partial charge >= 0.3 is 6.09 Å². The Kier molecular flexibility index (Phi) is 6.68. The van der Waals surface area contributed by atoms with Crippen LogP contribution in [0.15, 0.2) is 36.5 Å². The lowest BCUT2D eigenvalue weighted by atomic mass is 10.2. The lowest BCUT2D eigenvalue weighted by Crippen LogP contribution is -2.34. The number of rotatable bonds is 9. The third-order valence-electron chi connectivity index (χ3n) is 4.33. The summed E-state index contributed by atoms with van der Waals surface area (Å²) < 4.78 is 10.7. The van der Waals surface area contributed by atoms with E-state index in [0.717, 1.165) is 5.56 Å². The summed E-state index contributed by atoms with van der Waals surface area (Å²) in [5.74, 6) is 2.33. The van der Waals surface area contributed by atoms with Crippen LogP contribution in [0.5, 0.6) is 11.5 Å². The molecule has 1 aromatic carbocycles. The normalized spacial score (nSPS) is 11.6. The molecule has 0 fully saturated rings. The molecular weight excluding hydrogens is 388 g/mol. The van der Waals surface area contributed by atoms with Gasteiger partial charge < -0.3 is 30.5 Å². The van der Waals surface area contributed by atoms with Gasteiger partial charge in [-0.05, 0) is 31.2 Å². The van der Waals surface area contributed by atoms with E-state index in [1.807, 2.05) is 31.2 Å². The smallest absolute Gasteiger partial charge is 0.404 e. The summed E-state index contributed by atoms with van der Waals surface area (Å²) in [4.78, 5) is 24.1. The second-order valence-corrected chi connectivity index (χ2v) is 6.53. The van der Waals surface area contributed by atoms with Crippen LogP contribution in [-0.2, 0) is 6.54 Å². The van der Waals surface area contributed by atoms with E-state index in [9.17, 15) is 4.79 Å². The molecule has 1 unspecified atom stereocenters. The van der Waals surface area contributed by atoms with Crippen molar-refractivity contribution in [3.8, 4) is 11.5 Å². The van der Waals surface area contributed by atoms with E-state index < -0.39 is 6.09 Å². The molecule has 10 nitrogen and oxygen atoms in total. The fourth-order valence-electron chi connectivity index (χ4n) is 2.84. The molecule has 2 heterocycles. The van der Waals surface area contributed by atoms with Crippen molar-refractivity contribution in [2.75, 3.05) is 31.4 Å². The van der Waals surface area contributed by atoms with E-state index in [2.05, 4.69) is 30.9 Å². The molecular formula is C20H24N6O4. The average Bonchev–Trinajstić information content (AvgIpc) is 2.76. The molecule has 0 saturated heterocycles. The molecule has 10 heteroatoms. The number of pyridine rings is 1. The van der Waals surface area contributed by atoms with Crippen LogP contribution in [0.4, 0.5) is 16.6 Å². The number of ether oxygens (including phenoxy) is 2. The van der Waals surface area contributed by atoms with Crippen molar-refractivity contribution in [2.45, 2.75) is 19.5 Å². The number of methoxy groups -OCH3 is 2. The number of fused-ring (bicyclic) bond motifs is 1. The van der Waals surface area contributed by atoms with Gasteiger partial charge in [0.05, 0.1) is 19.7 Å². The van der Waals surface area contributed by atoms with Gasteiger partial charge in [-0.15, -0.1) is 0 Å². The van der Waals surface area contributed by atoms with E-state index in [4.69, 9.17) is 14.6 Å². The van der Waals surface area contributed by atoms with E-state index >= 15 is 0 Å². The third kappa shape index (κ3) is 5.16. The topological polar surface area (TPSA) is 131 Å². The van der Waals surface area contributed by atoms with Gasteiger partial charge in [0.25, 0.3) is 0 Å². The lowest BCUT2D eigenvalue weighted by Gasteiger charge is -2.16. The minimum Gasteiger partial charge on any atom is -0.497 e. The zero-order chi connectivity index (χ0) is 21.5. The maximum Gasteiger partial charge on any atom is 0.404 e. The van der Waals surface area contributed by atoms with E-state index in [-0.39, 0.29) is 12.6 Å². The lowest BCUT2D eigenvalue weighted by molar-refractivity contribution is 0.194. The monoisotopic (exact) mass is 412 g/mol. The van der Waals surface area contributed by atoms with E-state index in [0.29, 0.717) is 40.8 Å². The SMILES string of the molecule is COc1ccc(CNc2nc(NC(C)CNC(=O)O)c3ncccc3n2)c(OC)c1. The fourth-order valence-corrected chi connectivity index (χ4v) is 2.84. The molecule has 1 amide bonds. The predicted molar refractivity (Wildman–Crippen MR) is 113 cm³/mol. The van der Waals surface area contributed by atoms with Gasteiger partial charge in [-0.3, -0.25) is 4.98 Å². The van der Waals surface area contributed by atoms with E-state index in [1.165, 1.54) is 0 Å². The second kappa shape index (κ2) is 9.59. The molecule has 158 valence electrons. The number of benzene rings is 1. The Labute approximate surface area is 173 Å². The van der Waals surface area contributed by atoms with Crippen LogP contribution in [0, 0.1) is 0 Å². The standard InChI is InChI=1S/C20H24N6O4/c1-12(10-23-20(27)28)24-18-17-15(5-4-8-21-17)25-19(26-18)22-11-13-6-7-14(29-2)9-16(13)30-3/h4-9,12,23H,10-11H2,1-3H3,(H,27,28)(H2,22,24,25,26). The Morgan fingerprint density at radius 3 is 2.77 bits per heavy atom. The number of amides is 1. The molecule has 30 heavy (non-hydrogen) atoms. The zero-order valence-corrected chi connectivity index (χ0v) is 17.0. The van der Waals surface area contributed by atoms with Gasteiger partial charge in [0, 0.05) is 37.0 Å². The third-order valence-corrected chi connectivity index (χ3v) is 4.33. The number of nitrogens with one attached hydrogen (secondary N) is 3. The molecule has 4 N–H and O–H groups in total. The van der Waals surface area contributed by atoms with Crippen LogP contribution in [0.2, 0.25) is 0 Å². The molecule has 3 aromatic rings. The predicted octanol–water partition coefficient (Wildman–Crippen LogP) is 2.72. The molecule has 0 bridgehead atoms. The zero-order valence-electron chi connectivity index (χ0n) is 17.0. The van der Waals surface area contributed by atoms with E-state index in [1.54, 1.807) is 26.5 Å². The highest BCUT2D eigenvalue weighted by atomic mass is 16.5. The van der Waals surface area contributed by atoms with Crippen molar-refractivity contribution in [3.05, 3.63) is 42.1 Å². The summed E-state index contributed by atoms with van der Waals surface area (Å²) >= 11 is 0. The van der Waals surface area contributed by atoms with Crippen LogP contribution >= 0.6 is 0 Å². The number of aromatic nitrogens is 3. The molecule has 0 aliphatic carbocycles. The fraction of sp³-hybridized carbons (Fsp3) is 0.300. The Morgan fingerprint density at radius 2 is 2.03 bits per heavy atom. The molecule has 2 aromatic heterocycles. The first kappa shape index (κ1) is 20.9. The van der Waals surface area contributed by atoms with Crippen LogP contribution in [0.25, 0.3) is 11.0 Å². The largest absolute Gasteiger partial charge is 0.497 e. The highest BCUT2D eigenvalue weighted by Gasteiger charge is 2.13. The van der Waals surface area contributed by atoms with Gasteiger partial charge in [-0.25, -0.2) is 9.78 Å². The van der Waals surface area contributed by atoms with Crippen molar-refractivity contribution < 1.29 is 19.4 Å². The van der Waals surface area contributed by atoms with Crippen molar-refractivity contribution in [1.82, 2.24) is 20.3 Å². The van der Waals surface area contributed by atoms with Crippen LogP contribution in [0.1, 0.15) is 12.5 Å². The quantitative estimate of drug-likeness (QED) is 0.419. The Balaban J connectivity index is 1.82. The van der Waals surface area contributed by atoms with Crippen molar-refractivity contribution in [3.63, 3.8) is 0 Å². The van der Waals surface area contributed by atoms with Gasteiger partial charge in [0.15, 0.2) is 5.82 Å². The highest BCUT2D eigenvalue weighted by molar-refractivity contribution is 5.86. The molecule has 0 spiro atoms. The van der Waals surface area contributed by atoms with Gasteiger partial charge in [0.2, 0.25) is 5.95 Å². The molecule has 0 radical (unpaired) electrons. The number of anilines is 2. The van der Waals surface area contributed by atoms with Gasteiger partial charge in [-0.1, -0.05) is 0 Å². The Morgan fingerprint density at radius 1 is 1.20 bits per heavy atom. The van der Waals surface area contributed by atoms with Crippen molar-refractivity contribution in [2.24, 2.45) is 0 Å². The second-order valence-electron chi connectivity index (χ2n) is 6.53. The summed E-state index contributed by atoms with van der Waals surface area (Å²) in [5, 5.41) is 17.5. The maximum absolute atomic E-state index is 10.7. The minimum atomic E-state index is -1.08. The number of nitrogens with zero attached hydrogens (tertiary/aromatic N) is 3. The average molecular weight is 412 g/mol. The highest BCUT2D eigenvalue weighted by Crippen LogP contribution is 2.26. The maximum atomic E-state index is 10.7. The summed E-state index contributed by atoms with van der Waals surface area (Å²) in [6, 6.07) is 9.02. The van der Waals surface area contributed by atoms with Gasteiger partial charge in [0.1, 0.15) is 17.0 Å². The first-order valence-corrected chi connectivity index (χ1v) is 9.31. The molecule has 0 aliphatic heterocycles. The first-order valence-electron chi connectivity index (χ1n) is 9.31. The molecule has 0 aliphatic rings. The summed E-state index contributed by atoms with van der Waals surface area (Å²) in [5.41, 5.74) is 2.19. The summed E-state index contributed by atoms with van der Waals surface area (Å²) in [7, 11) is 3.20. The summed E-state index contributed by atoms with van der Waals surface area (Å²) in [6.07, 6.45) is 0.580. The minimum absolute atomic E-state index is 0.198. The number of carbonyl (C=O) groups is 1. The van der Waals surface area contributed by atoms with Crippen LogP contribution < -0.4 is 25.4 Å². The number of carboxylic acid groups (broad SMARTS) is 1. The molecule has 0 saturated carbocycles. The van der Waals surface area contributed by atoms with Crippen molar-refractivity contribution >= 4 is 28.9 Å². The first-order chi connectivity index (χ1) is 14.5. The Hall–Kier alpha value is -3.82. The van der Waals surface area contributed by atoms with Crippen LogP contribution in [-0.4, -0.2) is 53.0 Å². The van der Waals surface area contributed by atoms with Gasteiger partial charge in [-0.2, -0.15) is 4.98 Å². The van der Waals surface area contributed by atoms with Crippen LogP contribution in [0.3, 0.4) is 0 Å². The number of hydrogen-bond donors (Lipinski definition) is 4.